The number of piperidine rings is 1. The summed E-state index contributed by atoms with van der Waals surface area (Å²) >= 11 is 0. The molecule has 6 heteroatoms. The van der Waals surface area contributed by atoms with Crippen LogP contribution in [-0.2, 0) is 6.42 Å². The second-order valence-electron chi connectivity index (χ2n) is 8.83. The van der Waals surface area contributed by atoms with Crippen LogP contribution in [0.2, 0.25) is 0 Å². The van der Waals surface area contributed by atoms with Crippen molar-refractivity contribution in [1.82, 2.24) is 19.4 Å². The Bertz CT molecular complexity index is 1160. The monoisotopic (exact) mass is 416 g/mol. The lowest BCUT2D eigenvalue weighted by molar-refractivity contribution is 0.0687. The summed E-state index contributed by atoms with van der Waals surface area (Å²) < 4.78 is 1.83. The average Bonchev–Trinajstić information content (AvgIpc) is 3.23. The number of likely N-dealkylation sites (tertiary alicyclic amines) is 1. The smallest absolute Gasteiger partial charge is 0.257 e. The molecule has 0 bridgehead atoms. The van der Waals surface area contributed by atoms with E-state index in [1.807, 2.05) is 38.6 Å². The van der Waals surface area contributed by atoms with Crippen LogP contribution in [0.1, 0.15) is 59.4 Å². The van der Waals surface area contributed by atoms with Gasteiger partial charge in [-0.2, -0.15) is 5.10 Å². The fraction of sp³-hybridized carbons (Fsp3) is 0.400. The van der Waals surface area contributed by atoms with Crippen molar-refractivity contribution in [2.45, 2.75) is 45.6 Å². The first-order chi connectivity index (χ1) is 15.0. The molecule has 5 rings (SSSR count). The molecule has 1 fully saturated rings. The molecular weight excluding hydrogens is 388 g/mol. The van der Waals surface area contributed by atoms with E-state index in [0.717, 1.165) is 66.8 Å². The third-order valence-corrected chi connectivity index (χ3v) is 6.56. The number of hydrogen-bond donors (Lipinski definition) is 0. The van der Waals surface area contributed by atoms with Gasteiger partial charge >= 0.3 is 0 Å². The molecule has 31 heavy (non-hydrogen) atoms. The van der Waals surface area contributed by atoms with Gasteiger partial charge in [0, 0.05) is 36.8 Å². The number of rotatable bonds is 3. The van der Waals surface area contributed by atoms with Crippen LogP contribution < -0.4 is 0 Å². The molecule has 6 nitrogen and oxygen atoms in total. The summed E-state index contributed by atoms with van der Waals surface area (Å²) in [4.78, 5) is 30.0. The molecular formula is C25H28N4O2. The van der Waals surface area contributed by atoms with E-state index in [0.29, 0.717) is 5.56 Å². The Morgan fingerprint density at radius 1 is 1.03 bits per heavy atom. The van der Waals surface area contributed by atoms with Gasteiger partial charge in [-0.15, -0.1) is 0 Å². The Hall–Kier alpha value is -3.15. The Morgan fingerprint density at radius 2 is 1.84 bits per heavy atom. The fourth-order valence-electron chi connectivity index (χ4n) is 4.80. The molecule has 0 aliphatic carbocycles. The standard InChI is InChI=1S/C25H28N4O2/c1-17(2)28-14-11-18-9-10-19(15-20(18)25(28)31)22-7-6-8-23-21(16-26-29(22)23)24(30)27-12-4-3-5-13-27/h6-10,15-17H,3-5,11-14H2,1-2H3. The number of carbonyl (C=O) groups excluding carboxylic acids is 2. The highest BCUT2D eigenvalue weighted by Crippen LogP contribution is 2.28. The second kappa shape index (κ2) is 7.84. The molecule has 2 aromatic heterocycles. The van der Waals surface area contributed by atoms with E-state index >= 15 is 0 Å². The summed E-state index contributed by atoms with van der Waals surface area (Å²) in [5.74, 6) is 0.145. The minimum Gasteiger partial charge on any atom is -0.339 e. The van der Waals surface area contributed by atoms with Crippen molar-refractivity contribution in [2.24, 2.45) is 0 Å². The van der Waals surface area contributed by atoms with Crippen LogP contribution in [0.5, 0.6) is 0 Å². The maximum Gasteiger partial charge on any atom is 0.257 e. The highest BCUT2D eigenvalue weighted by molar-refractivity contribution is 6.01. The number of hydrogen-bond acceptors (Lipinski definition) is 3. The van der Waals surface area contributed by atoms with Crippen molar-refractivity contribution in [3.8, 4) is 11.3 Å². The van der Waals surface area contributed by atoms with Gasteiger partial charge in [0.1, 0.15) is 0 Å². The molecule has 1 aromatic carbocycles. The summed E-state index contributed by atoms with van der Waals surface area (Å²) in [5.41, 5.74) is 5.13. The van der Waals surface area contributed by atoms with Crippen LogP contribution in [0.25, 0.3) is 16.8 Å². The topological polar surface area (TPSA) is 57.9 Å². The summed E-state index contributed by atoms with van der Waals surface area (Å²) in [6.45, 7) is 6.50. The summed E-state index contributed by atoms with van der Waals surface area (Å²) in [5, 5.41) is 4.56. The zero-order chi connectivity index (χ0) is 21.5. The minimum absolute atomic E-state index is 0.0556. The van der Waals surface area contributed by atoms with Gasteiger partial charge in [0.05, 0.1) is 23.0 Å². The van der Waals surface area contributed by atoms with Crippen LogP contribution in [0, 0.1) is 0 Å². The third-order valence-electron chi connectivity index (χ3n) is 6.56. The predicted octanol–water partition coefficient (Wildman–Crippen LogP) is 4.03. The van der Waals surface area contributed by atoms with Gasteiger partial charge in [-0.1, -0.05) is 18.2 Å². The lowest BCUT2D eigenvalue weighted by atomic mass is 9.95. The van der Waals surface area contributed by atoms with E-state index in [2.05, 4.69) is 31.1 Å². The SMILES string of the molecule is CC(C)N1CCc2ccc(-c3cccc4c(C(=O)N5CCCCC5)cnn34)cc2C1=O. The molecule has 0 radical (unpaired) electrons. The quantitative estimate of drug-likeness (QED) is 0.648. The molecule has 2 aliphatic heterocycles. The number of fused-ring (bicyclic) bond motifs is 2. The molecule has 0 N–H and O–H groups in total. The zero-order valence-electron chi connectivity index (χ0n) is 18.2. The Labute approximate surface area is 182 Å². The lowest BCUT2D eigenvalue weighted by Gasteiger charge is -2.32. The van der Waals surface area contributed by atoms with E-state index in [-0.39, 0.29) is 17.9 Å². The summed E-state index contributed by atoms with van der Waals surface area (Å²) in [6, 6.07) is 12.2. The van der Waals surface area contributed by atoms with Crippen LogP contribution in [0.3, 0.4) is 0 Å². The fourth-order valence-corrected chi connectivity index (χ4v) is 4.80. The molecule has 0 unspecified atom stereocenters. The molecule has 0 spiro atoms. The molecule has 2 aliphatic rings. The predicted molar refractivity (Wildman–Crippen MR) is 120 cm³/mol. The first-order valence-electron chi connectivity index (χ1n) is 11.2. The summed E-state index contributed by atoms with van der Waals surface area (Å²) in [7, 11) is 0. The zero-order valence-corrected chi connectivity index (χ0v) is 18.2. The summed E-state index contributed by atoms with van der Waals surface area (Å²) in [6.07, 6.45) is 5.87. The maximum atomic E-state index is 13.1. The van der Waals surface area contributed by atoms with Crippen molar-refractivity contribution in [3.63, 3.8) is 0 Å². The van der Waals surface area contributed by atoms with Gasteiger partial charge in [0.15, 0.2) is 0 Å². The second-order valence-corrected chi connectivity index (χ2v) is 8.83. The molecule has 4 heterocycles. The van der Waals surface area contributed by atoms with Crippen molar-refractivity contribution >= 4 is 17.3 Å². The van der Waals surface area contributed by atoms with E-state index in [1.54, 1.807) is 6.20 Å². The Kier molecular flexibility index (Phi) is 5.00. The van der Waals surface area contributed by atoms with Gasteiger partial charge in [0.25, 0.3) is 11.8 Å². The number of carbonyl (C=O) groups is 2. The highest BCUT2D eigenvalue weighted by Gasteiger charge is 2.27. The number of benzene rings is 1. The lowest BCUT2D eigenvalue weighted by Crippen LogP contribution is -2.42. The average molecular weight is 417 g/mol. The van der Waals surface area contributed by atoms with Crippen molar-refractivity contribution in [3.05, 3.63) is 59.3 Å². The molecule has 2 amide bonds. The number of aromatic nitrogens is 2. The normalized spacial score (nSPS) is 16.8. The van der Waals surface area contributed by atoms with Gasteiger partial charge < -0.3 is 9.80 Å². The molecule has 0 saturated carbocycles. The van der Waals surface area contributed by atoms with Crippen molar-refractivity contribution in [1.29, 1.82) is 0 Å². The van der Waals surface area contributed by atoms with Gasteiger partial charge in [-0.3, -0.25) is 9.59 Å². The van der Waals surface area contributed by atoms with E-state index < -0.39 is 0 Å². The molecule has 160 valence electrons. The number of nitrogens with zero attached hydrogens (tertiary/aromatic N) is 4. The Morgan fingerprint density at radius 3 is 2.61 bits per heavy atom. The minimum atomic E-state index is 0.0556. The highest BCUT2D eigenvalue weighted by atomic mass is 16.2. The molecule has 1 saturated heterocycles. The van der Waals surface area contributed by atoms with Crippen LogP contribution in [0.15, 0.2) is 42.6 Å². The van der Waals surface area contributed by atoms with Crippen LogP contribution >= 0.6 is 0 Å². The number of pyridine rings is 1. The van der Waals surface area contributed by atoms with E-state index in [9.17, 15) is 9.59 Å². The van der Waals surface area contributed by atoms with Crippen LogP contribution in [-0.4, -0.2) is 56.9 Å². The molecule has 3 aromatic rings. The largest absolute Gasteiger partial charge is 0.339 e. The van der Waals surface area contributed by atoms with Gasteiger partial charge in [-0.25, -0.2) is 4.52 Å². The van der Waals surface area contributed by atoms with Crippen molar-refractivity contribution in [2.75, 3.05) is 19.6 Å². The van der Waals surface area contributed by atoms with Gasteiger partial charge in [0.2, 0.25) is 0 Å². The van der Waals surface area contributed by atoms with Gasteiger partial charge in [-0.05, 0) is 63.3 Å². The van der Waals surface area contributed by atoms with Crippen molar-refractivity contribution < 1.29 is 9.59 Å². The maximum absolute atomic E-state index is 13.1. The third kappa shape index (κ3) is 3.40. The molecule has 0 atom stereocenters. The first kappa shape index (κ1) is 19.8. The number of amides is 2. The Balaban J connectivity index is 1.54. The van der Waals surface area contributed by atoms with Crippen LogP contribution in [0.4, 0.5) is 0 Å². The van der Waals surface area contributed by atoms with E-state index in [1.165, 1.54) is 6.42 Å². The first-order valence-corrected chi connectivity index (χ1v) is 11.2. The van der Waals surface area contributed by atoms with E-state index in [4.69, 9.17) is 0 Å².